The van der Waals surface area contributed by atoms with Gasteiger partial charge in [-0.3, -0.25) is 0 Å². The predicted octanol–water partition coefficient (Wildman–Crippen LogP) is 8.37. The summed E-state index contributed by atoms with van der Waals surface area (Å²) in [4.78, 5) is 0. The fourth-order valence-electron chi connectivity index (χ4n) is 4.56. The first-order chi connectivity index (χ1) is 11.8. The molecule has 6 atom stereocenters. The minimum atomic E-state index is 0.858. The Kier molecular flexibility index (Phi) is 9.25. The van der Waals surface area contributed by atoms with Crippen LogP contribution >= 0.6 is 113 Å². The fourth-order valence-corrected chi connectivity index (χ4v) is 9.24. The number of hydrogen-bond acceptors (Lipinski definition) is 0. The predicted molar refractivity (Wildman–Crippen MR) is 152 cm³/mol. The lowest BCUT2D eigenvalue weighted by Gasteiger charge is -2.41. The van der Waals surface area contributed by atoms with E-state index in [1.807, 2.05) is 0 Å². The summed E-state index contributed by atoms with van der Waals surface area (Å²) in [7, 11) is 0. The highest BCUT2D eigenvalue weighted by Gasteiger charge is 2.36. The van der Waals surface area contributed by atoms with Crippen molar-refractivity contribution >= 4 is 113 Å². The maximum atomic E-state index is 2.79. The molecule has 0 aromatic heterocycles. The molecule has 1 aromatic carbocycles. The van der Waals surface area contributed by atoms with Crippen molar-refractivity contribution in [1.29, 1.82) is 0 Å². The first-order valence-corrected chi connectivity index (χ1v) is 15.1. The molecule has 25 heavy (non-hydrogen) atoms. The molecule has 0 saturated heterocycles. The van der Waals surface area contributed by atoms with Crippen LogP contribution < -0.4 is 0 Å². The minimum Gasteiger partial charge on any atom is -0.0823 e. The zero-order valence-electron chi connectivity index (χ0n) is 14.5. The van der Waals surface area contributed by atoms with E-state index in [9.17, 15) is 0 Å². The first kappa shape index (κ1) is 22.6. The number of rotatable bonds is 3. The molecule has 5 unspecified atom stereocenters. The van der Waals surface area contributed by atoms with Crippen molar-refractivity contribution in [3.05, 3.63) is 30.4 Å². The van der Waals surface area contributed by atoms with Crippen LogP contribution in [0.15, 0.2) is 12.1 Å². The molecule has 2 aliphatic rings. The van der Waals surface area contributed by atoms with Crippen molar-refractivity contribution in [2.45, 2.75) is 63.6 Å². The summed E-state index contributed by atoms with van der Waals surface area (Å²) in [5.74, 6) is 2.88. The lowest BCUT2D eigenvalue weighted by molar-refractivity contribution is 0.183. The summed E-state index contributed by atoms with van der Waals surface area (Å²) in [5, 5.41) is 0. The molecule has 0 amide bonds. The van der Waals surface area contributed by atoms with Crippen molar-refractivity contribution in [2.24, 2.45) is 17.8 Å². The fraction of sp³-hybridized carbons (Fsp3) is 0.700. The molecule has 140 valence electrons. The third kappa shape index (κ3) is 5.95. The van der Waals surface area contributed by atoms with E-state index >= 15 is 0 Å². The van der Waals surface area contributed by atoms with Gasteiger partial charge in [-0.2, -0.15) is 0 Å². The van der Waals surface area contributed by atoms with Crippen molar-refractivity contribution < 1.29 is 0 Å². The van der Waals surface area contributed by atoms with Crippen LogP contribution in [0.2, 0.25) is 0 Å². The summed E-state index contributed by atoms with van der Waals surface area (Å²) in [6, 6.07) is 4.81. The molecule has 2 aliphatic carbocycles. The average molecular weight is 900 g/mol. The largest absolute Gasteiger partial charge is 0.0823 e. The van der Waals surface area contributed by atoms with Gasteiger partial charge in [0.2, 0.25) is 0 Å². The highest BCUT2D eigenvalue weighted by molar-refractivity contribution is 14.1. The highest BCUT2D eigenvalue weighted by Crippen LogP contribution is 2.45. The van der Waals surface area contributed by atoms with Gasteiger partial charge in [0.1, 0.15) is 0 Å². The molecule has 2 fully saturated rings. The van der Waals surface area contributed by atoms with Crippen LogP contribution in [0.4, 0.5) is 0 Å². The lowest BCUT2D eigenvalue weighted by atomic mass is 9.70. The summed E-state index contributed by atoms with van der Waals surface area (Å²) in [5.41, 5.74) is 3.03. The summed E-state index contributed by atoms with van der Waals surface area (Å²) >= 11 is 13.2. The van der Waals surface area contributed by atoms with Gasteiger partial charge in [-0.25, -0.2) is 0 Å². The van der Waals surface area contributed by atoms with Gasteiger partial charge in [-0.15, -0.1) is 0 Å². The zero-order valence-corrected chi connectivity index (χ0v) is 25.2. The second-order valence-corrected chi connectivity index (χ2v) is 15.0. The SMILES string of the molecule is Cc1cc(C[C@H]2CCC(C3CCC(I)C(I)C3)CC2I)c(I)cc1I. The Labute approximate surface area is 221 Å². The molecule has 3 rings (SSSR count). The Morgan fingerprint density at radius 2 is 1.44 bits per heavy atom. The molecule has 1 aromatic rings. The Bertz CT molecular complexity index is 602. The summed E-state index contributed by atoms with van der Waals surface area (Å²) in [6.07, 6.45) is 10.1. The summed E-state index contributed by atoms with van der Waals surface area (Å²) in [6.45, 7) is 2.25. The smallest absolute Gasteiger partial charge is 0.0230 e. The maximum absolute atomic E-state index is 2.79. The van der Waals surface area contributed by atoms with Crippen LogP contribution in [0.3, 0.4) is 0 Å². The third-order valence-electron chi connectivity index (χ3n) is 6.16. The van der Waals surface area contributed by atoms with Crippen molar-refractivity contribution in [3.8, 4) is 0 Å². The molecule has 5 heteroatoms. The number of halogens is 5. The molecule has 0 bridgehead atoms. The second kappa shape index (κ2) is 10.3. The van der Waals surface area contributed by atoms with Gasteiger partial charge in [0.05, 0.1) is 0 Å². The quantitative estimate of drug-likeness (QED) is 0.212. The highest BCUT2D eigenvalue weighted by atomic mass is 127. The van der Waals surface area contributed by atoms with E-state index in [0.29, 0.717) is 0 Å². The van der Waals surface area contributed by atoms with Crippen molar-refractivity contribution in [1.82, 2.24) is 0 Å². The number of aryl methyl sites for hydroxylation is 1. The van der Waals surface area contributed by atoms with E-state index in [1.165, 1.54) is 57.6 Å². The van der Waals surface area contributed by atoms with Crippen LogP contribution in [0.25, 0.3) is 0 Å². The van der Waals surface area contributed by atoms with Gasteiger partial charge in [0, 0.05) is 18.9 Å². The number of benzene rings is 1. The molecule has 0 nitrogen and oxygen atoms in total. The molecule has 0 N–H and O–H groups in total. The Morgan fingerprint density at radius 1 is 0.800 bits per heavy atom. The van der Waals surface area contributed by atoms with Gasteiger partial charge in [-0.1, -0.05) is 73.8 Å². The number of alkyl halides is 3. The van der Waals surface area contributed by atoms with Crippen LogP contribution in [0.1, 0.15) is 49.7 Å². The standard InChI is InChI=1S/C20H25I5/c1-11-6-15(19(24)10-17(11)22)7-14-3-2-12(8-18(14)23)13-4-5-16(21)20(25)9-13/h6,10,12-14,16,18,20H,2-5,7-9H2,1H3/t12?,13?,14-,16?,18?,20?/m1/s1. The van der Waals surface area contributed by atoms with Crippen LogP contribution in [0.5, 0.6) is 0 Å². The van der Waals surface area contributed by atoms with Gasteiger partial charge >= 0.3 is 0 Å². The van der Waals surface area contributed by atoms with E-state index in [-0.39, 0.29) is 0 Å². The van der Waals surface area contributed by atoms with Crippen LogP contribution in [-0.2, 0) is 6.42 Å². The number of hydrogen-bond donors (Lipinski definition) is 0. The van der Waals surface area contributed by atoms with Gasteiger partial charge < -0.3 is 0 Å². The monoisotopic (exact) mass is 900 g/mol. The molecule has 0 radical (unpaired) electrons. The normalized spacial score (nSPS) is 36.4. The zero-order chi connectivity index (χ0) is 18.1. The van der Waals surface area contributed by atoms with Gasteiger partial charge in [0.25, 0.3) is 0 Å². The maximum Gasteiger partial charge on any atom is 0.0230 e. The van der Waals surface area contributed by atoms with E-state index in [1.54, 1.807) is 5.56 Å². The molecule has 0 spiro atoms. The lowest BCUT2D eigenvalue weighted by Crippen LogP contribution is -2.35. The van der Waals surface area contributed by atoms with Crippen molar-refractivity contribution in [3.63, 3.8) is 0 Å². The Morgan fingerprint density at radius 3 is 2.08 bits per heavy atom. The Balaban J connectivity index is 1.60. The van der Waals surface area contributed by atoms with Gasteiger partial charge in [-0.05, 0) is 132 Å². The molecular weight excluding hydrogens is 875 g/mol. The van der Waals surface area contributed by atoms with Crippen molar-refractivity contribution in [2.75, 3.05) is 0 Å². The second-order valence-electron chi connectivity index (χ2n) is 7.85. The third-order valence-corrected chi connectivity index (χ3v) is 14.1. The average Bonchev–Trinajstić information content (AvgIpc) is 2.57. The Hall–Kier alpha value is 2.87. The first-order valence-electron chi connectivity index (χ1n) is 9.22. The van der Waals surface area contributed by atoms with Crippen LogP contribution in [0, 0.1) is 31.8 Å². The van der Waals surface area contributed by atoms with E-state index in [2.05, 4.69) is 132 Å². The summed E-state index contributed by atoms with van der Waals surface area (Å²) < 4.78 is 5.54. The molecule has 0 aliphatic heterocycles. The van der Waals surface area contributed by atoms with Gasteiger partial charge in [0.15, 0.2) is 0 Å². The molecule has 2 saturated carbocycles. The van der Waals surface area contributed by atoms with Crippen LogP contribution in [-0.4, -0.2) is 11.8 Å². The molecular formula is C20H25I5. The van der Waals surface area contributed by atoms with E-state index in [4.69, 9.17) is 0 Å². The van der Waals surface area contributed by atoms with E-state index in [0.717, 1.165) is 29.5 Å². The topological polar surface area (TPSA) is 0 Å². The molecule has 0 heterocycles. The van der Waals surface area contributed by atoms with E-state index < -0.39 is 0 Å². The minimum absolute atomic E-state index is 0.858.